The number of nitrogens with zero attached hydrogens (tertiary/aromatic N) is 3. The van der Waals surface area contributed by atoms with Crippen LogP contribution in [0.2, 0.25) is 0 Å². The fourth-order valence-corrected chi connectivity index (χ4v) is 2.97. The standard InChI is InChI=1S/C16H27N3O/c1-4-6-15-9-14(12-20)10-16(17-15)19-8-5-7-18(3)11-13(19)2/h9-10,13,20H,4-8,11-12H2,1-3H3. The van der Waals surface area contributed by atoms with Crippen LogP contribution in [-0.2, 0) is 13.0 Å². The van der Waals surface area contributed by atoms with Crippen LogP contribution in [-0.4, -0.2) is 47.7 Å². The molecule has 1 aromatic heterocycles. The van der Waals surface area contributed by atoms with E-state index < -0.39 is 0 Å². The number of aryl methyl sites for hydroxylation is 1. The van der Waals surface area contributed by atoms with Crippen molar-refractivity contribution in [1.82, 2.24) is 9.88 Å². The number of aromatic nitrogens is 1. The second-order valence-corrected chi connectivity index (χ2v) is 5.89. The van der Waals surface area contributed by atoms with Crippen LogP contribution >= 0.6 is 0 Å². The molecule has 1 unspecified atom stereocenters. The zero-order valence-corrected chi connectivity index (χ0v) is 13.0. The molecule has 1 saturated heterocycles. The van der Waals surface area contributed by atoms with Crippen LogP contribution in [0.25, 0.3) is 0 Å². The topological polar surface area (TPSA) is 39.6 Å². The third-order valence-electron chi connectivity index (χ3n) is 3.95. The molecule has 112 valence electrons. The van der Waals surface area contributed by atoms with Crippen molar-refractivity contribution in [3.05, 3.63) is 23.4 Å². The molecule has 1 aromatic rings. The van der Waals surface area contributed by atoms with Crippen molar-refractivity contribution in [3.63, 3.8) is 0 Å². The summed E-state index contributed by atoms with van der Waals surface area (Å²) in [5, 5.41) is 9.46. The number of aliphatic hydroxyl groups is 1. The molecular weight excluding hydrogens is 250 g/mol. The van der Waals surface area contributed by atoms with Gasteiger partial charge in [-0.15, -0.1) is 0 Å². The average molecular weight is 277 g/mol. The Morgan fingerprint density at radius 3 is 2.85 bits per heavy atom. The zero-order valence-electron chi connectivity index (χ0n) is 13.0. The van der Waals surface area contributed by atoms with Gasteiger partial charge in [-0.05, 0) is 51.1 Å². The quantitative estimate of drug-likeness (QED) is 0.914. The fourth-order valence-electron chi connectivity index (χ4n) is 2.97. The van der Waals surface area contributed by atoms with Gasteiger partial charge in [0.25, 0.3) is 0 Å². The van der Waals surface area contributed by atoms with E-state index in [4.69, 9.17) is 4.98 Å². The zero-order chi connectivity index (χ0) is 14.5. The van der Waals surface area contributed by atoms with Gasteiger partial charge in [-0.2, -0.15) is 0 Å². The molecule has 1 fully saturated rings. The first-order valence-corrected chi connectivity index (χ1v) is 7.70. The summed E-state index contributed by atoms with van der Waals surface area (Å²) in [6.07, 6.45) is 3.22. The Morgan fingerprint density at radius 1 is 1.35 bits per heavy atom. The van der Waals surface area contributed by atoms with Gasteiger partial charge in [0, 0.05) is 24.8 Å². The van der Waals surface area contributed by atoms with Gasteiger partial charge in [-0.25, -0.2) is 4.98 Å². The lowest BCUT2D eigenvalue weighted by molar-refractivity contribution is 0.281. The molecule has 0 spiro atoms. The van der Waals surface area contributed by atoms with Gasteiger partial charge in [0.1, 0.15) is 5.82 Å². The van der Waals surface area contributed by atoms with E-state index in [0.29, 0.717) is 6.04 Å². The summed E-state index contributed by atoms with van der Waals surface area (Å²) in [6, 6.07) is 4.53. The third-order valence-corrected chi connectivity index (χ3v) is 3.95. The average Bonchev–Trinajstić information content (AvgIpc) is 2.59. The Morgan fingerprint density at radius 2 is 2.15 bits per heavy atom. The summed E-state index contributed by atoms with van der Waals surface area (Å²) in [6.45, 7) is 7.76. The second-order valence-electron chi connectivity index (χ2n) is 5.89. The van der Waals surface area contributed by atoms with Gasteiger partial charge in [0.15, 0.2) is 0 Å². The van der Waals surface area contributed by atoms with Gasteiger partial charge in [-0.1, -0.05) is 13.3 Å². The van der Waals surface area contributed by atoms with Crippen molar-refractivity contribution in [2.75, 3.05) is 31.6 Å². The Labute approximate surface area is 122 Å². The molecule has 0 aliphatic carbocycles. The van der Waals surface area contributed by atoms with Crippen LogP contribution < -0.4 is 4.90 Å². The molecule has 1 N–H and O–H groups in total. The first-order valence-electron chi connectivity index (χ1n) is 7.70. The lowest BCUT2D eigenvalue weighted by atomic mass is 10.1. The van der Waals surface area contributed by atoms with Crippen molar-refractivity contribution < 1.29 is 5.11 Å². The van der Waals surface area contributed by atoms with E-state index in [1.165, 1.54) is 0 Å². The highest BCUT2D eigenvalue weighted by Crippen LogP contribution is 2.21. The SMILES string of the molecule is CCCc1cc(CO)cc(N2CCCN(C)CC2C)n1. The second kappa shape index (κ2) is 7.04. The van der Waals surface area contributed by atoms with Crippen LogP contribution in [0.15, 0.2) is 12.1 Å². The van der Waals surface area contributed by atoms with Crippen LogP contribution in [0.4, 0.5) is 5.82 Å². The molecule has 1 aliphatic heterocycles. The van der Waals surface area contributed by atoms with Gasteiger partial charge < -0.3 is 14.9 Å². The minimum absolute atomic E-state index is 0.0916. The van der Waals surface area contributed by atoms with Gasteiger partial charge in [-0.3, -0.25) is 0 Å². The molecule has 2 rings (SSSR count). The van der Waals surface area contributed by atoms with Crippen LogP contribution in [0.5, 0.6) is 0 Å². The van der Waals surface area contributed by atoms with Crippen LogP contribution in [0, 0.1) is 0 Å². The predicted molar refractivity (Wildman–Crippen MR) is 83.1 cm³/mol. The minimum atomic E-state index is 0.0916. The summed E-state index contributed by atoms with van der Waals surface area (Å²) in [4.78, 5) is 9.58. The maximum atomic E-state index is 9.46. The summed E-state index contributed by atoms with van der Waals surface area (Å²) < 4.78 is 0. The minimum Gasteiger partial charge on any atom is -0.392 e. The number of pyridine rings is 1. The van der Waals surface area contributed by atoms with Gasteiger partial charge in [0.2, 0.25) is 0 Å². The molecule has 2 heterocycles. The van der Waals surface area contributed by atoms with E-state index in [0.717, 1.165) is 56.0 Å². The van der Waals surface area contributed by atoms with Crippen molar-refractivity contribution in [3.8, 4) is 0 Å². The Bertz CT molecular complexity index is 436. The summed E-state index contributed by atoms with van der Waals surface area (Å²) in [5.41, 5.74) is 2.07. The monoisotopic (exact) mass is 277 g/mol. The number of hydrogen-bond donors (Lipinski definition) is 1. The largest absolute Gasteiger partial charge is 0.392 e. The summed E-state index contributed by atoms with van der Waals surface area (Å²) in [7, 11) is 2.18. The van der Waals surface area contributed by atoms with Crippen molar-refractivity contribution in [2.24, 2.45) is 0 Å². The normalized spacial score (nSPS) is 21.0. The van der Waals surface area contributed by atoms with Crippen LogP contribution in [0.3, 0.4) is 0 Å². The summed E-state index contributed by atoms with van der Waals surface area (Å²) >= 11 is 0. The first-order chi connectivity index (χ1) is 9.63. The maximum Gasteiger partial charge on any atom is 0.129 e. The maximum absolute atomic E-state index is 9.46. The molecule has 0 aromatic carbocycles. The molecule has 1 aliphatic rings. The first kappa shape index (κ1) is 15.3. The number of likely N-dealkylation sites (N-methyl/N-ethyl adjacent to an activating group) is 1. The molecule has 20 heavy (non-hydrogen) atoms. The molecule has 0 saturated carbocycles. The van der Waals surface area contributed by atoms with Gasteiger partial charge in [0.05, 0.1) is 6.61 Å². The van der Waals surface area contributed by atoms with E-state index in [1.54, 1.807) is 0 Å². The molecule has 0 bridgehead atoms. The smallest absolute Gasteiger partial charge is 0.129 e. The number of hydrogen-bond acceptors (Lipinski definition) is 4. The van der Waals surface area contributed by atoms with Gasteiger partial charge >= 0.3 is 0 Å². The Balaban J connectivity index is 2.27. The molecule has 1 atom stereocenters. The lowest BCUT2D eigenvalue weighted by Crippen LogP contribution is -2.38. The lowest BCUT2D eigenvalue weighted by Gasteiger charge is -2.29. The molecule has 0 amide bonds. The number of anilines is 1. The van der Waals surface area contributed by atoms with E-state index in [2.05, 4.69) is 30.7 Å². The van der Waals surface area contributed by atoms with Crippen molar-refractivity contribution in [1.29, 1.82) is 0 Å². The molecule has 4 heteroatoms. The van der Waals surface area contributed by atoms with Crippen molar-refractivity contribution in [2.45, 2.75) is 45.8 Å². The number of rotatable bonds is 4. The number of aliphatic hydroxyl groups excluding tert-OH is 1. The molecular formula is C16H27N3O. The highest BCUT2D eigenvalue weighted by Gasteiger charge is 2.21. The predicted octanol–water partition coefficient (Wildman–Crippen LogP) is 2.06. The highest BCUT2D eigenvalue weighted by atomic mass is 16.3. The van der Waals surface area contributed by atoms with Crippen molar-refractivity contribution >= 4 is 5.82 Å². The molecule has 4 nitrogen and oxygen atoms in total. The van der Waals surface area contributed by atoms with E-state index in [-0.39, 0.29) is 6.61 Å². The molecule has 0 radical (unpaired) electrons. The van der Waals surface area contributed by atoms with E-state index in [1.807, 2.05) is 12.1 Å². The van der Waals surface area contributed by atoms with E-state index >= 15 is 0 Å². The Hall–Kier alpha value is -1.13. The fraction of sp³-hybridized carbons (Fsp3) is 0.688. The third kappa shape index (κ3) is 3.70. The van der Waals surface area contributed by atoms with Crippen LogP contribution in [0.1, 0.15) is 37.9 Å². The highest BCUT2D eigenvalue weighted by molar-refractivity contribution is 5.44. The Kier molecular flexibility index (Phi) is 5.38. The van der Waals surface area contributed by atoms with E-state index in [9.17, 15) is 5.11 Å². The summed E-state index contributed by atoms with van der Waals surface area (Å²) in [5.74, 6) is 1.03.